The van der Waals surface area contributed by atoms with Gasteiger partial charge in [-0.2, -0.15) is 0 Å². The van der Waals surface area contributed by atoms with Gasteiger partial charge in [-0.3, -0.25) is 9.59 Å². The van der Waals surface area contributed by atoms with Gasteiger partial charge in [0.2, 0.25) is 5.91 Å². The second-order valence-electron chi connectivity index (χ2n) is 3.97. The van der Waals surface area contributed by atoms with Crippen LogP contribution >= 0.6 is 11.8 Å². The Morgan fingerprint density at radius 3 is 2.60 bits per heavy atom. The second kappa shape index (κ2) is 8.44. The number of hydrogen-bond acceptors (Lipinski definition) is 5. The van der Waals surface area contributed by atoms with Gasteiger partial charge in [0.15, 0.2) is 0 Å². The van der Waals surface area contributed by atoms with E-state index < -0.39 is 12.0 Å². The smallest absolute Gasteiger partial charge is 0.321 e. The average molecular weight is 298 g/mol. The third kappa shape index (κ3) is 5.94. The van der Waals surface area contributed by atoms with E-state index in [1.807, 2.05) is 6.92 Å². The third-order valence-electron chi connectivity index (χ3n) is 2.30. The molecule has 0 aliphatic carbocycles. The molecule has 0 bridgehead atoms. The number of nitrogens with one attached hydrogen (secondary N) is 1. The lowest BCUT2D eigenvalue weighted by molar-refractivity contribution is -0.137. The van der Waals surface area contributed by atoms with Crippen LogP contribution in [0.2, 0.25) is 0 Å². The molecular formula is C13H18N2O4S. The lowest BCUT2D eigenvalue weighted by Crippen LogP contribution is -2.33. The minimum absolute atomic E-state index is 0.161. The Labute approximate surface area is 121 Å². The number of carboxylic acid groups (broad SMARTS) is 1. The first kappa shape index (κ1) is 16.3. The van der Waals surface area contributed by atoms with Crippen LogP contribution in [0.3, 0.4) is 0 Å². The summed E-state index contributed by atoms with van der Waals surface area (Å²) in [5.74, 6) is -0.159. The van der Waals surface area contributed by atoms with Gasteiger partial charge in [0.25, 0.3) is 0 Å². The maximum Gasteiger partial charge on any atom is 0.321 e. The van der Waals surface area contributed by atoms with Crippen LogP contribution in [0.15, 0.2) is 24.3 Å². The maximum absolute atomic E-state index is 11.6. The molecule has 0 radical (unpaired) electrons. The largest absolute Gasteiger partial charge is 0.494 e. The van der Waals surface area contributed by atoms with E-state index in [0.717, 1.165) is 5.75 Å². The van der Waals surface area contributed by atoms with E-state index in [9.17, 15) is 9.59 Å². The van der Waals surface area contributed by atoms with Gasteiger partial charge < -0.3 is 20.9 Å². The van der Waals surface area contributed by atoms with Gasteiger partial charge in [0.1, 0.15) is 11.8 Å². The second-order valence-corrected chi connectivity index (χ2v) is 5.00. The molecule has 20 heavy (non-hydrogen) atoms. The van der Waals surface area contributed by atoms with E-state index >= 15 is 0 Å². The molecule has 0 saturated heterocycles. The van der Waals surface area contributed by atoms with Crippen molar-refractivity contribution < 1.29 is 19.4 Å². The van der Waals surface area contributed by atoms with Crippen LogP contribution in [0.1, 0.15) is 6.92 Å². The van der Waals surface area contributed by atoms with Crippen LogP contribution in [-0.2, 0) is 9.59 Å². The quantitative estimate of drug-likeness (QED) is 0.666. The molecule has 0 unspecified atom stereocenters. The van der Waals surface area contributed by atoms with Crippen LogP contribution in [-0.4, -0.2) is 41.1 Å². The third-order valence-corrected chi connectivity index (χ3v) is 3.36. The molecule has 1 aromatic rings. The van der Waals surface area contributed by atoms with Gasteiger partial charge >= 0.3 is 5.97 Å². The number of ether oxygens (including phenoxy) is 1. The fourth-order valence-electron chi connectivity index (χ4n) is 1.35. The number of carboxylic acids is 1. The van der Waals surface area contributed by atoms with Gasteiger partial charge in [-0.05, 0) is 31.2 Å². The molecule has 0 saturated carbocycles. The van der Waals surface area contributed by atoms with Crippen LogP contribution in [0.5, 0.6) is 5.75 Å². The zero-order valence-corrected chi connectivity index (χ0v) is 12.0. The van der Waals surface area contributed by atoms with Crippen LogP contribution in [0.25, 0.3) is 0 Å². The lowest BCUT2D eigenvalue weighted by atomic mass is 10.3. The van der Waals surface area contributed by atoms with Crippen molar-refractivity contribution in [3.63, 3.8) is 0 Å². The highest BCUT2D eigenvalue weighted by atomic mass is 32.2. The van der Waals surface area contributed by atoms with Crippen molar-refractivity contribution in [3.05, 3.63) is 24.3 Å². The monoisotopic (exact) mass is 298 g/mol. The molecule has 6 nitrogen and oxygen atoms in total. The molecular weight excluding hydrogens is 280 g/mol. The van der Waals surface area contributed by atoms with Gasteiger partial charge in [-0.15, -0.1) is 11.8 Å². The molecule has 4 N–H and O–H groups in total. The standard InChI is InChI=1S/C13H18N2O4S/c1-2-19-10-5-3-9(4-6-10)15-12(16)8-20-7-11(14)13(17)18/h3-6,11H,2,7-8,14H2,1H3,(H,15,16)(H,17,18)/t11-/m0/s1. The Balaban J connectivity index is 2.33. The molecule has 0 aromatic heterocycles. The minimum Gasteiger partial charge on any atom is -0.494 e. The van der Waals surface area contributed by atoms with Crippen LogP contribution < -0.4 is 15.8 Å². The SMILES string of the molecule is CCOc1ccc(NC(=O)CSC[C@H](N)C(=O)O)cc1. The molecule has 1 amide bonds. The Morgan fingerprint density at radius 1 is 1.40 bits per heavy atom. The lowest BCUT2D eigenvalue weighted by Gasteiger charge is -2.08. The number of aliphatic carboxylic acids is 1. The zero-order valence-electron chi connectivity index (χ0n) is 11.2. The summed E-state index contributed by atoms with van der Waals surface area (Å²) < 4.78 is 5.29. The first-order valence-corrected chi connectivity index (χ1v) is 7.27. The first-order valence-electron chi connectivity index (χ1n) is 6.11. The van der Waals surface area contributed by atoms with Gasteiger partial charge in [0, 0.05) is 11.4 Å². The molecule has 110 valence electrons. The Hall–Kier alpha value is -1.73. The highest BCUT2D eigenvalue weighted by Gasteiger charge is 2.12. The molecule has 0 spiro atoms. The summed E-state index contributed by atoms with van der Waals surface area (Å²) in [5, 5.41) is 11.3. The molecule has 0 fully saturated rings. The summed E-state index contributed by atoms with van der Waals surface area (Å²) in [4.78, 5) is 22.1. The van der Waals surface area contributed by atoms with E-state index in [1.54, 1.807) is 24.3 Å². The number of amides is 1. The van der Waals surface area contributed by atoms with Gasteiger partial charge in [-0.25, -0.2) is 0 Å². The van der Waals surface area contributed by atoms with Crippen molar-refractivity contribution in [1.29, 1.82) is 0 Å². The molecule has 0 heterocycles. The van der Waals surface area contributed by atoms with E-state index in [0.29, 0.717) is 12.3 Å². The van der Waals surface area contributed by atoms with Crippen molar-refractivity contribution in [2.24, 2.45) is 5.73 Å². The number of hydrogen-bond donors (Lipinski definition) is 3. The predicted octanol–water partition coefficient (Wildman–Crippen LogP) is 1.17. The van der Waals surface area contributed by atoms with Gasteiger partial charge in [0.05, 0.1) is 12.4 Å². The van der Waals surface area contributed by atoms with Crippen LogP contribution in [0.4, 0.5) is 5.69 Å². The van der Waals surface area contributed by atoms with Crippen molar-refractivity contribution in [2.75, 3.05) is 23.4 Å². The first-order chi connectivity index (χ1) is 9.52. The van der Waals surface area contributed by atoms with Crippen molar-refractivity contribution >= 4 is 29.3 Å². The molecule has 1 atom stereocenters. The number of thioether (sulfide) groups is 1. The van der Waals surface area contributed by atoms with Crippen LogP contribution in [0, 0.1) is 0 Å². The van der Waals surface area contributed by atoms with Crippen molar-refractivity contribution in [1.82, 2.24) is 0 Å². The maximum atomic E-state index is 11.6. The summed E-state index contributed by atoms with van der Waals surface area (Å²) in [6, 6.07) is 6.09. The van der Waals surface area contributed by atoms with E-state index in [4.69, 9.17) is 15.6 Å². The average Bonchev–Trinajstić information content (AvgIpc) is 2.41. The van der Waals surface area contributed by atoms with Crippen molar-refractivity contribution in [3.8, 4) is 5.75 Å². The summed E-state index contributed by atoms with van der Waals surface area (Å²) in [6.45, 7) is 2.49. The summed E-state index contributed by atoms with van der Waals surface area (Å²) >= 11 is 1.19. The molecule has 7 heteroatoms. The zero-order chi connectivity index (χ0) is 15.0. The fraction of sp³-hybridized carbons (Fsp3) is 0.385. The molecule has 0 aliphatic rings. The summed E-state index contributed by atoms with van der Waals surface area (Å²) in [6.07, 6.45) is 0. The Bertz CT molecular complexity index is 450. The Morgan fingerprint density at radius 2 is 2.05 bits per heavy atom. The van der Waals surface area contributed by atoms with E-state index in [1.165, 1.54) is 11.8 Å². The number of anilines is 1. The van der Waals surface area contributed by atoms with E-state index in [-0.39, 0.29) is 17.4 Å². The fourth-order valence-corrected chi connectivity index (χ4v) is 2.12. The Kier molecular flexibility index (Phi) is 6.89. The number of rotatable bonds is 8. The molecule has 1 aromatic carbocycles. The number of carbonyl (C=O) groups is 2. The molecule has 0 aliphatic heterocycles. The number of carbonyl (C=O) groups excluding carboxylic acids is 1. The van der Waals surface area contributed by atoms with Crippen molar-refractivity contribution in [2.45, 2.75) is 13.0 Å². The highest BCUT2D eigenvalue weighted by Crippen LogP contribution is 2.16. The molecule has 1 rings (SSSR count). The summed E-state index contributed by atoms with van der Waals surface area (Å²) in [7, 11) is 0. The predicted molar refractivity (Wildman–Crippen MR) is 79.2 cm³/mol. The summed E-state index contributed by atoms with van der Waals surface area (Å²) in [5.41, 5.74) is 6.00. The van der Waals surface area contributed by atoms with E-state index in [2.05, 4.69) is 5.32 Å². The number of nitrogens with two attached hydrogens (primary N) is 1. The normalized spacial score (nSPS) is 11.7. The highest BCUT2D eigenvalue weighted by molar-refractivity contribution is 8.00. The minimum atomic E-state index is -1.07. The number of benzene rings is 1. The topological polar surface area (TPSA) is 102 Å². The van der Waals surface area contributed by atoms with Gasteiger partial charge in [-0.1, -0.05) is 0 Å².